The number of amides is 3. The van der Waals surface area contributed by atoms with E-state index in [-0.39, 0.29) is 11.8 Å². The van der Waals surface area contributed by atoms with Gasteiger partial charge in [-0.05, 0) is 11.8 Å². The molecule has 5 nitrogen and oxygen atoms in total. The molecule has 1 atom stereocenters. The first kappa shape index (κ1) is 13.7. The monoisotopic (exact) mass is 215 g/mol. The molecule has 4 N–H and O–H groups in total. The summed E-state index contributed by atoms with van der Waals surface area (Å²) < 4.78 is 0. The molecule has 0 spiro atoms. The van der Waals surface area contributed by atoms with E-state index < -0.39 is 12.1 Å². The van der Waals surface area contributed by atoms with E-state index in [1.807, 2.05) is 27.7 Å². The molecule has 0 aliphatic carbocycles. The highest BCUT2D eigenvalue weighted by Crippen LogP contribution is 2.01. The fourth-order valence-corrected chi connectivity index (χ4v) is 1.10. The van der Waals surface area contributed by atoms with Crippen LogP contribution in [-0.2, 0) is 4.79 Å². The van der Waals surface area contributed by atoms with Crippen molar-refractivity contribution in [3.63, 3.8) is 0 Å². The maximum absolute atomic E-state index is 11.6. The Morgan fingerprint density at radius 1 is 1.20 bits per heavy atom. The van der Waals surface area contributed by atoms with Gasteiger partial charge in [-0.15, -0.1) is 0 Å². The molecule has 15 heavy (non-hydrogen) atoms. The van der Waals surface area contributed by atoms with E-state index in [0.717, 1.165) is 0 Å². The van der Waals surface area contributed by atoms with Gasteiger partial charge in [-0.25, -0.2) is 4.79 Å². The van der Waals surface area contributed by atoms with Crippen molar-refractivity contribution in [3.8, 4) is 0 Å². The number of rotatable bonds is 5. The van der Waals surface area contributed by atoms with Crippen molar-refractivity contribution in [3.05, 3.63) is 0 Å². The first-order chi connectivity index (χ1) is 6.84. The van der Waals surface area contributed by atoms with Crippen LogP contribution < -0.4 is 16.4 Å². The Morgan fingerprint density at radius 3 is 2.07 bits per heavy atom. The minimum Gasteiger partial charge on any atom is -0.354 e. The predicted molar refractivity (Wildman–Crippen MR) is 59.2 cm³/mol. The van der Waals surface area contributed by atoms with Crippen molar-refractivity contribution in [2.45, 2.75) is 33.7 Å². The van der Waals surface area contributed by atoms with Gasteiger partial charge in [-0.2, -0.15) is 0 Å². The van der Waals surface area contributed by atoms with Gasteiger partial charge in [0.15, 0.2) is 0 Å². The van der Waals surface area contributed by atoms with Crippen molar-refractivity contribution in [1.82, 2.24) is 10.6 Å². The van der Waals surface area contributed by atoms with Crippen LogP contribution in [0.2, 0.25) is 0 Å². The van der Waals surface area contributed by atoms with Gasteiger partial charge in [0.25, 0.3) is 0 Å². The van der Waals surface area contributed by atoms with Gasteiger partial charge in [0.05, 0.1) is 0 Å². The summed E-state index contributed by atoms with van der Waals surface area (Å²) in [6, 6.07) is -1.23. The highest BCUT2D eigenvalue weighted by Gasteiger charge is 2.22. The molecule has 0 saturated carbocycles. The van der Waals surface area contributed by atoms with E-state index in [1.54, 1.807) is 0 Å². The Hall–Kier alpha value is -1.26. The third kappa shape index (κ3) is 5.93. The molecule has 0 aromatic carbocycles. The molecule has 0 fully saturated rings. The second-order valence-electron chi connectivity index (χ2n) is 4.37. The highest BCUT2D eigenvalue weighted by atomic mass is 16.2. The first-order valence-corrected chi connectivity index (χ1v) is 5.18. The topological polar surface area (TPSA) is 84.2 Å². The van der Waals surface area contributed by atoms with E-state index in [9.17, 15) is 9.59 Å². The van der Waals surface area contributed by atoms with Gasteiger partial charge in [0.1, 0.15) is 6.04 Å². The maximum atomic E-state index is 11.6. The molecule has 0 radical (unpaired) electrons. The summed E-state index contributed by atoms with van der Waals surface area (Å²) in [5.74, 6) is 0.220. The lowest BCUT2D eigenvalue weighted by molar-refractivity contribution is -0.124. The normalized spacial score (nSPS) is 12.7. The Balaban J connectivity index is 4.23. The van der Waals surface area contributed by atoms with Gasteiger partial charge in [0.2, 0.25) is 5.91 Å². The van der Waals surface area contributed by atoms with Crippen LogP contribution in [0.1, 0.15) is 27.7 Å². The Labute approximate surface area is 90.8 Å². The lowest BCUT2D eigenvalue weighted by Crippen LogP contribution is -2.51. The van der Waals surface area contributed by atoms with E-state index in [2.05, 4.69) is 10.6 Å². The average molecular weight is 215 g/mol. The zero-order valence-electron chi connectivity index (χ0n) is 9.83. The van der Waals surface area contributed by atoms with Crippen molar-refractivity contribution in [1.29, 1.82) is 0 Å². The predicted octanol–water partition coefficient (Wildman–Crippen LogP) is 0.452. The summed E-state index contributed by atoms with van der Waals surface area (Å²) in [6.07, 6.45) is 0. The number of hydrogen-bond acceptors (Lipinski definition) is 2. The molecule has 0 aliphatic rings. The van der Waals surface area contributed by atoms with E-state index in [0.29, 0.717) is 12.5 Å². The van der Waals surface area contributed by atoms with Crippen LogP contribution in [0.25, 0.3) is 0 Å². The maximum Gasteiger partial charge on any atom is 0.312 e. The molecular formula is C10H21N3O2. The minimum absolute atomic E-state index is 0.0182. The molecule has 0 saturated heterocycles. The number of hydrogen-bond donors (Lipinski definition) is 3. The molecule has 0 rings (SSSR count). The summed E-state index contributed by atoms with van der Waals surface area (Å²) in [6.45, 7) is 8.33. The average Bonchev–Trinajstić information content (AvgIpc) is 2.09. The van der Waals surface area contributed by atoms with Crippen LogP contribution in [0, 0.1) is 11.8 Å². The quantitative estimate of drug-likeness (QED) is 0.622. The Morgan fingerprint density at radius 2 is 1.73 bits per heavy atom. The third-order valence-corrected chi connectivity index (χ3v) is 1.93. The third-order valence-electron chi connectivity index (χ3n) is 1.93. The van der Waals surface area contributed by atoms with E-state index in [4.69, 9.17) is 5.73 Å². The molecule has 0 heterocycles. The summed E-state index contributed by atoms with van der Waals surface area (Å²) in [5, 5.41) is 5.19. The number of carbonyl (C=O) groups excluding carboxylic acids is 2. The Bertz CT molecular complexity index is 227. The van der Waals surface area contributed by atoms with E-state index in [1.165, 1.54) is 0 Å². The number of urea groups is 1. The SMILES string of the molecule is CC(C)CNC(=O)[C@H](NC(N)=O)C(C)C. The summed E-state index contributed by atoms with van der Waals surface area (Å²) in [5.41, 5.74) is 4.99. The number of primary amides is 1. The fraction of sp³-hybridized carbons (Fsp3) is 0.800. The lowest BCUT2D eigenvalue weighted by Gasteiger charge is -2.21. The number of nitrogens with one attached hydrogen (secondary N) is 2. The lowest BCUT2D eigenvalue weighted by atomic mass is 10.0. The minimum atomic E-state index is -0.673. The van der Waals surface area contributed by atoms with Crippen LogP contribution in [0.15, 0.2) is 0 Å². The van der Waals surface area contributed by atoms with Gasteiger partial charge >= 0.3 is 6.03 Å². The molecule has 88 valence electrons. The van der Waals surface area contributed by atoms with Crippen LogP contribution in [0.5, 0.6) is 0 Å². The number of carbonyl (C=O) groups is 2. The van der Waals surface area contributed by atoms with Gasteiger partial charge < -0.3 is 16.4 Å². The van der Waals surface area contributed by atoms with Gasteiger partial charge in [-0.1, -0.05) is 27.7 Å². The summed E-state index contributed by atoms with van der Waals surface area (Å²) >= 11 is 0. The zero-order chi connectivity index (χ0) is 12.0. The molecule has 0 bridgehead atoms. The molecule has 0 aliphatic heterocycles. The highest BCUT2D eigenvalue weighted by molar-refractivity contribution is 5.86. The van der Waals surface area contributed by atoms with Crippen LogP contribution in [0.4, 0.5) is 4.79 Å². The zero-order valence-corrected chi connectivity index (χ0v) is 9.83. The second-order valence-corrected chi connectivity index (χ2v) is 4.37. The summed E-state index contributed by atoms with van der Waals surface area (Å²) in [7, 11) is 0. The van der Waals surface area contributed by atoms with Crippen LogP contribution >= 0.6 is 0 Å². The van der Waals surface area contributed by atoms with Gasteiger partial charge in [-0.3, -0.25) is 4.79 Å². The largest absolute Gasteiger partial charge is 0.354 e. The fourth-order valence-electron chi connectivity index (χ4n) is 1.10. The van der Waals surface area contributed by atoms with Crippen LogP contribution in [-0.4, -0.2) is 24.5 Å². The standard InChI is InChI=1S/C10H21N3O2/c1-6(2)5-12-9(14)8(7(3)4)13-10(11)15/h6-8H,5H2,1-4H3,(H,12,14)(H3,11,13,15)/t8-/m1/s1. The van der Waals surface area contributed by atoms with Crippen molar-refractivity contribution < 1.29 is 9.59 Å². The summed E-state index contributed by atoms with van der Waals surface area (Å²) in [4.78, 5) is 22.3. The molecule has 0 aromatic heterocycles. The molecule has 5 heteroatoms. The number of nitrogens with two attached hydrogens (primary N) is 1. The van der Waals surface area contributed by atoms with Crippen molar-refractivity contribution in [2.24, 2.45) is 17.6 Å². The van der Waals surface area contributed by atoms with Crippen molar-refractivity contribution in [2.75, 3.05) is 6.54 Å². The smallest absolute Gasteiger partial charge is 0.312 e. The Kier molecular flexibility index (Phi) is 5.74. The van der Waals surface area contributed by atoms with Crippen molar-refractivity contribution >= 4 is 11.9 Å². The second kappa shape index (κ2) is 6.27. The van der Waals surface area contributed by atoms with Gasteiger partial charge in [0, 0.05) is 6.54 Å². The van der Waals surface area contributed by atoms with Crippen LogP contribution in [0.3, 0.4) is 0 Å². The first-order valence-electron chi connectivity index (χ1n) is 5.18. The van der Waals surface area contributed by atoms with E-state index >= 15 is 0 Å². The molecule has 0 unspecified atom stereocenters. The molecular weight excluding hydrogens is 194 g/mol. The molecule has 0 aromatic rings. The molecule has 3 amide bonds.